The summed E-state index contributed by atoms with van der Waals surface area (Å²) in [6.45, 7) is 3.37. The zero-order valence-electron chi connectivity index (χ0n) is 11.7. The fourth-order valence-corrected chi connectivity index (χ4v) is 2.72. The first-order chi connectivity index (χ1) is 9.54. The second-order valence-electron chi connectivity index (χ2n) is 5.45. The summed E-state index contributed by atoms with van der Waals surface area (Å²) < 4.78 is 24.6. The third kappa shape index (κ3) is 4.42. The molecule has 1 aromatic carbocycles. The Balaban J connectivity index is 1.80. The predicted octanol–water partition coefficient (Wildman–Crippen LogP) is 2.77. The highest BCUT2D eigenvalue weighted by Crippen LogP contribution is 2.20. The molecular weight excluding hydrogens is 262 g/mol. The number of nitrogens with one attached hydrogen (secondary N) is 1. The number of phenols is 1. The van der Waals surface area contributed by atoms with Crippen LogP contribution in [0.2, 0.25) is 0 Å². The third-order valence-corrected chi connectivity index (χ3v) is 3.84. The van der Waals surface area contributed by atoms with E-state index in [1.54, 1.807) is 12.1 Å². The van der Waals surface area contributed by atoms with Crippen LogP contribution in [-0.2, 0) is 0 Å². The van der Waals surface area contributed by atoms with E-state index in [-0.39, 0.29) is 18.3 Å². The van der Waals surface area contributed by atoms with Gasteiger partial charge in [-0.05, 0) is 50.6 Å². The van der Waals surface area contributed by atoms with Crippen LogP contribution in [0.1, 0.15) is 31.4 Å². The summed E-state index contributed by atoms with van der Waals surface area (Å²) >= 11 is 0. The molecule has 2 rings (SSSR count). The Kier molecular flexibility index (Phi) is 5.31. The topological polar surface area (TPSA) is 35.5 Å². The lowest BCUT2D eigenvalue weighted by molar-refractivity contribution is 0.0722. The van der Waals surface area contributed by atoms with Crippen molar-refractivity contribution >= 4 is 0 Å². The molecule has 0 aliphatic carbocycles. The van der Waals surface area contributed by atoms with Gasteiger partial charge < -0.3 is 10.4 Å². The van der Waals surface area contributed by atoms with Gasteiger partial charge in [0.05, 0.1) is 6.54 Å². The fourth-order valence-electron chi connectivity index (χ4n) is 2.72. The lowest BCUT2D eigenvalue weighted by Gasteiger charge is -2.33. The van der Waals surface area contributed by atoms with Gasteiger partial charge in [-0.3, -0.25) is 4.90 Å². The van der Waals surface area contributed by atoms with Crippen LogP contribution >= 0.6 is 0 Å². The number of rotatable bonds is 5. The summed E-state index contributed by atoms with van der Waals surface area (Å²) in [7, 11) is 0. The lowest BCUT2D eigenvalue weighted by atomic mass is 10.0. The van der Waals surface area contributed by atoms with Crippen molar-refractivity contribution < 1.29 is 13.9 Å². The first-order valence-corrected chi connectivity index (χ1v) is 7.10. The van der Waals surface area contributed by atoms with Gasteiger partial charge in [-0.25, -0.2) is 8.78 Å². The van der Waals surface area contributed by atoms with Crippen molar-refractivity contribution in [3.8, 4) is 5.75 Å². The van der Waals surface area contributed by atoms with Crippen molar-refractivity contribution in [2.45, 2.75) is 38.3 Å². The van der Waals surface area contributed by atoms with Gasteiger partial charge in [0, 0.05) is 12.1 Å². The van der Waals surface area contributed by atoms with E-state index >= 15 is 0 Å². The average molecular weight is 284 g/mol. The van der Waals surface area contributed by atoms with Crippen molar-refractivity contribution in [1.29, 1.82) is 0 Å². The molecule has 0 unspecified atom stereocenters. The Morgan fingerprint density at radius 2 is 2.05 bits per heavy atom. The molecule has 5 heteroatoms. The highest BCUT2D eigenvalue weighted by molar-refractivity contribution is 5.29. The molecule has 1 aromatic rings. The van der Waals surface area contributed by atoms with E-state index in [0.29, 0.717) is 6.04 Å². The van der Waals surface area contributed by atoms with Crippen molar-refractivity contribution in [2.24, 2.45) is 0 Å². The van der Waals surface area contributed by atoms with E-state index in [0.717, 1.165) is 31.5 Å². The normalized spacial score (nSPS) is 19.4. The summed E-state index contributed by atoms with van der Waals surface area (Å²) in [6, 6.07) is 7.70. The van der Waals surface area contributed by atoms with Crippen molar-refractivity contribution in [1.82, 2.24) is 10.2 Å². The SMILES string of the molecule is C[C@@H](NC1CCN(CC(F)F)CC1)c1cccc(O)c1. The summed E-state index contributed by atoms with van der Waals surface area (Å²) in [6.07, 6.45) is -0.475. The molecule has 3 nitrogen and oxygen atoms in total. The molecule has 1 fully saturated rings. The number of halogens is 2. The average Bonchev–Trinajstić information content (AvgIpc) is 2.40. The van der Waals surface area contributed by atoms with Crippen LogP contribution in [0.25, 0.3) is 0 Å². The highest BCUT2D eigenvalue weighted by Gasteiger charge is 2.22. The number of alkyl halides is 2. The van der Waals surface area contributed by atoms with Crippen molar-refractivity contribution in [3.05, 3.63) is 29.8 Å². The number of likely N-dealkylation sites (tertiary alicyclic amines) is 1. The molecular formula is C15H22F2N2O. The summed E-state index contributed by atoms with van der Waals surface area (Å²) in [4.78, 5) is 1.82. The number of hydrogen-bond acceptors (Lipinski definition) is 3. The number of nitrogens with zero attached hydrogens (tertiary/aromatic N) is 1. The molecule has 20 heavy (non-hydrogen) atoms. The smallest absolute Gasteiger partial charge is 0.251 e. The summed E-state index contributed by atoms with van der Waals surface area (Å²) in [5, 5.41) is 13.0. The molecule has 1 heterocycles. The second-order valence-corrected chi connectivity index (χ2v) is 5.45. The predicted molar refractivity (Wildman–Crippen MR) is 75.1 cm³/mol. The van der Waals surface area contributed by atoms with Crippen LogP contribution in [0.4, 0.5) is 8.78 Å². The maximum atomic E-state index is 12.3. The minimum Gasteiger partial charge on any atom is -0.508 e. The summed E-state index contributed by atoms with van der Waals surface area (Å²) in [5.41, 5.74) is 1.04. The Bertz CT molecular complexity index is 420. The maximum absolute atomic E-state index is 12.3. The van der Waals surface area contributed by atoms with Gasteiger partial charge in [-0.15, -0.1) is 0 Å². The van der Waals surface area contributed by atoms with Gasteiger partial charge in [-0.1, -0.05) is 12.1 Å². The Morgan fingerprint density at radius 3 is 2.65 bits per heavy atom. The van der Waals surface area contributed by atoms with Crippen LogP contribution in [0.3, 0.4) is 0 Å². The molecule has 0 saturated carbocycles. The van der Waals surface area contributed by atoms with E-state index in [1.807, 2.05) is 17.0 Å². The van der Waals surface area contributed by atoms with Crippen molar-refractivity contribution in [3.63, 3.8) is 0 Å². The fraction of sp³-hybridized carbons (Fsp3) is 0.600. The molecule has 1 aliphatic heterocycles. The monoisotopic (exact) mass is 284 g/mol. The van der Waals surface area contributed by atoms with Gasteiger partial charge in [0.15, 0.2) is 0 Å². The largest absolute Gasteiger partial charge is 0.508 e. The Morgan fingerprint density at radius 1 is 1.35 bits per heavy atom. The molecule has 1 saturated heterocycles. The quantitative estimate of drug-likeness (QED) is 0.872. The van der Waals surface area contributed by atoms with Crippen molar-refractivity contribution in [2.75, 3.05) is 19.6 Å². The number of aromatic hydroxyl groups is 1. The van der Waals surface area contributed by atoms with Gasteiger partial charge in [0.25, 0.3) is 6.43 Å². The molecule has 1 atom stereocenters. The molecule has 1 aliphatic rings. The molecule has 0 radical (unpaired) electrons. The first-order valence-electron chi connectivity index (χ1n) is 7.10. The molecule has 2 N–H and O–H groups in total. The number of phenolic OH excluding ortho intramolecular Hbond substituents is 1. The highest BCUT2D eigenvalue weighted by atomic mass is 19.3. The molecule has 0 bridgehead atoms. The van der Waals surface area contributed by atoms with Gasteiger partial charge in [-0.2, -0.15) is 0 Å². The standard InChI is InChI=1S/C15H22F2N2O/c1-11(12-3-2-4-14(20)9-12)18-13-5-7-19(8-6-13)10-15(16)17/h2-4,9,11,13,15,18,20H,5-8,10H2,1H3/t11-/m1/s1. The molecule has 0 spiro atoms. The van der Waals surface area contributed by atoms with Crippen LogP contribution in [0, 0.1) is 0 Å². The van der Waals surface area contributed by atoms with Gasteiger partial charge >= 0.3 is 0 Å². The number of hydrogen-bond donors (Lipinski definition) is 2. The third-order valence-electron chi connectivity index (χ3n) is 3.84. The summed E-state index contributed by atoms with van der Waals surface area (Å²) in [5.74, 6) is 0.267. The maximum Gasteiger partial charge on any atom is 0.251 e. The second kappa shape index (κ2) is 6.99. The molecule has 0 aromatic heterocycles. The Labute approximate surface area is 118 Å². The van der Waals surface area contributed by atoms with Crippen LogP contribution in [0.15, 0.2) is 24.3 Å². The molecule has 0 amide bonds. The Hall–Kier alpha value is -1.20. The zero-order chi connectivity index (χ0) is 14.5. The number of benzene rings is 1. The van der Waals surface area contributed by atoms with E-state index in [1.165, 1.54) is 0 Å². The zero-order valence-corrected chi connectivity index (χ0v) is 11.7. The van der Waals surface area contributed by atoms with E-state index in [9.17, 15) is 13.9 Å². The van der Waals surface area contributed by atoms with E-state index in [4.69, 9.17) is 0 Å². The van der Waals surface area contributed by atoms with E-state index < -0.39 is 6.43 Å². The van der Waals surface area contributed by atoms with Crippen LogP contribution in [0.5, 0.6) is 5.75 Å². The molecule has 112 valence electrons. The first kappa shape index (κ1) is 15.2. The lowest BCUT2D eigenvalue weighted by Crippen LogP contribution is -2.44. The van der Waals surface area contributed by atoms with Crippen LogP contribution in [-0.4, -0.2) is 42.1 Å². The van der Waals surface area contributed by atoms with Gasteiger partial charge in [0.1, 0.15) is 5.75 Å². The number of piperidine rings is 1. The van der Waals surface area contributed by atoms with E-state index in [2.05, 4.69) is 12.2 Å². The van der Waals surface area contributed by atoms with Gasteiger partial charge in [0.2, 0.25) is 0 Å². The minimum absolute atomic E-state index is 0.116. The van der Waals surface area contributed by atoms with Crippen LogP contribution < -0.4 is 5.32 Å². The minimum atomic E-state index is -2.24.